The van der Waals surface area contributed by atoms with Gasteiger partial charge in [-0.2, -0.15) is 13.1 Å². The Hall–Kier alpha value is -2.40. The first-order chi connectivity index (χ1) is 14.5. The van der Waals surface area contributed by atoms with Crippen LogP contribution in [0.2, 0.25) is 0 Å². The van der Waals surface area contributed by atoms with Crippen LogP contribution < -0.4 is 5.32 Å². The van der Waals surface area contributed by atoms with Gasteiger partial charge in [0.2, 0.25) is 15.9 Å². The average molecular weight is 447 g/mol. The standard InChI is InChI=1S/C20H22N4O4S2/c25-13-17(14-6-2-1-3-7-14)21-20(26)15-8-5-11-24(12-15)30(27,28)18-10-4-9-16-19(18)23-29-22-16/h1-4,6-7,9-10,15,17,25H,5,8,11-13H2,(H,21,26)/t15-,17+/m0/s1. The first-order valence-corrected chi connectivity index (χ1v) is 11.9. The lowest BCUT2D eigenvalue weighted by atomic mass is 9.97. The molecule has 10 heteroatoms. The van der Waals surface area contributed by atoms with Crippen molar-refractivity contribution in [2.75, 3.05) is 19.7 Å². The summed E-state index contributed by atoms with van der Waals surface area (Å²) in [5.41, 5.74) is 1.70. The molecule has 2 N–H and O–H groups in total. The number of aromatic nitrogens is 2. The first-order valence-electron chi connectivity index (χ1n) is 9.68. The van der Waals surface area contributed by atoms with Gasteiger partial charge in [0.1, 0.15) is 15.9 Å². The van der Waals surface area contributed by atoms with E-state index >= 15 is 0 Å². The van der Waals surface area contributed by atoms with Gasteiger partial charge >= 0.3 is 0 Å². The highest BCUT2D eigenvalue weighted by molar-refractivity contribution is 7.89. The number of carbonyl (C=O) groups excluding carboxylic acids is 1. The number of sulfonamides is 1. The molecule has 8 nitrogen and oxygen atoms in total. The minimum Gasteiger partial charge on any atom is -0.394 e. The third kappa shape index (κ3) is 4.08. The molecule has 4 rings (SSSR count). The Kier molecular flexibility index (Phi) is 6.09. The number of benzene rings is 2. The van der Waals surface area contributed by atoms with Crippen LogP contribution in [0.15, 0.2) is 53.4 Å². The molecule has 1 aliphatic heterocycles. The molecular formula is C20H22N4O4S2. The molecule has 0 spiro atoms. The van der Waals surface area contributed by atoms with Crippen LogP contribution in [0.1, 0.15) is 24.4 Å². The fourth-order valence-electron chi connectivity index (χ4n) is 3.71. The maximum Gasteiger partial charge on any atom is 0.245 e. The summed E-state index contributed by atoms with van der Waals surface area (Å²) in [5.74, 6) is -0.745. The van der Waals surface area contributed by atoms with Gasteiger partial charge in [0.05, 0.1) is 30.3 Å². The number of fused-ring (bicyclic) bond motifs is 1. The lowest BCUT2D eigenvalue weighted by molar-refractivity contribution is -0.127. The Morgan fingerprint density at radius 3 is 2.77 bits per heavy atom. The van der Waals surface area contributed by atoms with Gasteiger partial charge in [-0.25, -0.2) is 8.42 Å². The number of hydrogen-bond donors (Lipinski definition) is 2. The molecule has 2 heterocycles. The zero-order chi connectivity index (χ0) is 21.1. The molecule has 1 aromatic heterocycles. The Morgan fingerprint density at radius 1 is 1.20 bits per heavy atom. The number of rotatable bonds is 6. The minimum atomic E-state index is -3.80. The summed E-state index contributed by atoms with van der Waals surface area (Å²) < 4.78 is 36.1. The highest BCUT2D eigenvalue weighted by Crippen LogP contribution is 2.28. The largest absolute Gasteiger partial charge is 0.394 e. The SMILES string of the molecule is O=C(N[C@H](CO)c1ccccc1)[C@H]1CCCN(S(=O)(=O)c2cccc3nsnc23)C1. The molecule has 30 heavy (non-hydrogen) atoms. The Balaban J connectivity index is 1.51. The molecule has 158 valence electrons. The van der Waals surface area contributed by atoms with Crippen LogP contribution in [0.4, 0.5) is 0 Å². The number of nitrogens with zero attached hydrogens (tertiary/aromatic N) is 3. The second-order valence-corrected chi connectivity index (χ2v) is 9.68. The Morgan fingerprint density at radius 2 is 2.00 bits per heavy atom. The second-order valence-electron chi connectivity index (χ2n) is 7.24. The summed E-state index contributed by atoms with van der Waals surface area (Å²) in [6, 6.07) is 13.6. The molecule has 0 saturated carbocycles. The van der Waals surface area contributed by atoms with Crippen molar-refractivity contribution >= 4 is 38.7 Å². The zero-order valence-corrected chi connectivity index (χ0v) is 17.8. The van der Waals surface area contributed by atoms with Gasteiger partial charge in [-0.15, -0.1) is 0 Å². The molecular weight excluding hydrogens is 424 g/mol. The number of piperidine rings is 1. The number of carbonyl (C=O) groups is 1. The summed E-state index contributed by atoms with van der Waals surface area (Å²) in [4.78, 5) is 13.0. The van der Waals surface area contributed by atoms with Gasteiger partial charge in [-0.1, -0.05) is 36.4 Å². The van der Waals surface area contributed by atoms with Crippen molar-refractivity contribution in [2.45, 2.75) is 23.8 Å². The summed E-state index contributed by atoms with van der Waals surface area (Å²) >= 11 is 0.972. The van der Waals surface area contributed by atoms with Crippen molar-refractivity contribution in [1.29, 1.82) is 0 Å². The second kappa shape index (κ2) is 8.76. The van der Waals surface area contributed by atoms with Crippen molar-refractivity contribution in [3.8, 4) is 0 Å². The lowest BCUT2D eigenvalue weighted by Gasteiger charge is -2.32. The van der Waals surface area contributed by atoms with Crippen molar-refractivity contribution < 1.29 is 18.3 Å². The van der Waals surface area contributed by atoms with Crippen molar-refractivity contribution in [3.05, 3.63) is 54.1 Å². The zero-order valence-electron chi connectivity index (χ0n) is 16.1. The molecule has 0 aliphatic carbocycles. The monoisotopic (exact) mass is 446 g/mol. The third-order valence-corrected chi connectivity index (χ3v) is 7.76. The van der Waals surface area contributed by atoms with Crippen molar-refractivity contribution in [2.24, 2.45) is 5.92 Å². The predicted octanol–water partition coefficient (Wildman–Crippen LogP) is 1.94. The Labute approximate surface area is 178 Å². The fourth-order valence-corrected chi connectivity index (χ4v) is 5.99. The molecule has 0 bridgehead atoms. The smallest absolute Gasteiger partial charge is 0.245 e. The maximum atomic E-state index is 13.3. The molecule has 0 radical (unpaired) electrons. The lowest BCUT2D eigenvalue weighted by Crippen LogP contribution is -2.46. The molecule has 0 unspecified atom stereocenters. The van der Waals surface area contributed by atoms with Crippen molar-refractivity contribution in [3.63, 3.8) is 0 Å². The van der Waals surface area contributed by atoms with E-state index in [-0.39, 0.29) is 24.0 Å². The van der Waals surface area contributed by atoms with Gasteiger partial charge in [0.15, 0.2) is 0 Å². The van der Waals surface area contributed by atoms with E-state index in [2.05, 4.69) is 14.1 Å². The Bertz CT molecular complexity index is 1130. The summed E-state index contributed by atoms with van der Waals surface area (Å²) in [6.45, 7) is 0.209. The molecule has 1 amide bonds. The number of aliphatic hydroxyl groups excluding tert-OH is 1. The molecule has 1 fully saturated rings. The number of aliphatic hydroxyl groups is 1. The normalized spacial score (nSPS) is 18.9. The molecule has 1 aliphatic rings. The van der Waals surface area contributed by atoms with Crippen LogP contribution in [0, 0.1) is 5.92 Å². The summed E-state index contributed by atoms with van der Waals surface area (Å²) in [7, 11) is -3.80. The van der Waals surface area contributed by atoms with Crippen LogP contribution in [0.3, 0.4) is 0 Å². The molecule has 1 saturated heterocycles. The van der Waals surface area contributed by atoms with Gasteiger partial charge in [0, 0.05) is 13.1 Å². The van der Waals surface area contributed by atoms with Crippen molar-refractivity contribution in [1.82, 2.24) is 18.4 Å². The van der Waals surface area contributed by atoms with E-state index < -0.39 is 22.0 Å². The highest BCUT2D eigenvalue weighted by Gasteiger charge is 2.35. The average Bonchev–Trinajstić information content (AvgIpc) is 3.27. The van der Waals surface area contributed by atoms with Crippen LogP contribution in [0.5, 0.6) is 0 Å². The van der Waals surface area contributed by atoms with Gasteiger partial charge in [-0.3, -0.25) is 4.79 Å². The van der Waals surface area contributed by atoms with E-state index in [1.165, 1.54) is 10.4 Å². The van der Waals surface area contributed by atoms with E-state index in [0.29, 0.717) is 30.4 Å². The van der Waals surface area contributed by atoms with Gasteiger partial charge in [-0.05, 0) is 30.5 Å². The van der Waals surface area contributed by atoms with E-state index in [1.807, 2.05) is 30.3 Å². The quantitative estimate of drug-likeness (QED) is 0.598. The maximum absolute atomic E-state index is 13.3. The predicted molar refractivity (Wildman–Crippen MR) is 113 cm³/mol. The summed E-state index contributed by atoms with van der Waals surface area (Å²) in [6.07, 6.45) is 1.17. The number of nitrogens with one attached hydrogen (secondary N) is 1. The topological polar surface area (TPSA) is 112 Å². The number of amides is 1. The number of hydrogen-bond acceptors (Lipinski definition) is 7. The van der Waals surface area contributed by atoms with Gasteiger partial charge < -0.3 is 10.4 Å². The first kappa shape index (κ1) is 20.9. The fraction of sp³-hybridized carbons (Fsp3) is 0.350. The van der Waals surface area contributed by atoms with Crippen LogP contribution in [0.25, 0.3) is 11.0 Å². The molecule has 2 aromatic carbocycles. The summed E-state index contributed by atoms with van der Waals surface area (Å²) in [5, 5.41) is 12.6. The van der Waals surface area contributed by atoms with E-state index in [4.69, 9.17) is 0 Å². The van der Waals surface area contributed by atoms with Crippen LogP contribution in [-0.4, -0.2) is 52.2 Å². The third-order valence-electron chi connectivity index (χ3n) is 5.32. The van der Waals surface area contributed by atoms with E-state index in [1.54, 1.807) is 12.1 Å². The van der Waals surface area contributed by atoms with E-state index in [9.17, 15) is 18.3 Å². The van der Waals surface area contributed by atoms with Crippen LogP contribution in [-0.2, 0) is 14.8 Å². The highest BCUT2D eigenvalue weighted by atomic mass is 32.2. The van der Waals surface area contributed by atoms with Gasteiger partial charge in [0.25, 0.3) is 0 Å². The van der Waals surface area contributed by atoms with Crippen LogP contribution >= 0.6 is 11.7 Å². The minimum absolute atomic E-state index is 0.0923. The molecule has 3 aromatic rings. The van der Waals surface area contributed by atoms with E-state index in [0.717, 1.165) is 17.3 Å². The molecule has 2 atom stereocenters.